The summed E-state index contributed by atoms with van der Waals surface area (Å²) in [5.74, 6) is -1.97. The molecule has 0 radical (unpaired) electrons. The lowest BCUT2D eigenvalue weighted by Gasteiger charge is -2.40. The summed E-state index contributed by atoms with van der Waals surface area (Å²) in [6.07, 6.45) is 17.1. The van der Waals surface area contributed by atoms with Gasteiger partial charge in [0.1, 0.15) is 0 Å². The number of amides is 3. The van der Waals surface area contributed by atoms with Gasteiger partial charge in [-0.3, -0.25) is 4.79 Å². The second-order valence-corrected chi connectivity index (χ2v) is 11.8. The molecule has 2 rings (SSSR count). The number of nitrogens with zero attached hydrogens (tertiary/aromatic N) is 2. The number of carboxylic acid groups (broad SMARTS) is 1. The lowest BCUT2D eigenvalue weighted by molar-refractivity contribution is -0.141. The van der Waals surface area contributed by atoms with Gasteiger partial charge in [0.2, 0.25) is 0 Å². The Morgan fingerprint density at radius 3 is 2.02 bits per heavy atom. The van der Waals surface area contributed by atoms with Crippen LogP contribution in [0.4, 0.5) is 9.59 Å². The third-order valence-electron chi connectivity index (χ3n) is 8.43. The molecule has 0 bridgehead atoms. The molecular formula is C34H54N2O5. The maximum Gasteiger partial charge on any atom is 0.418 e. The molecule has 7 heteroatoms. The molecule has 41 heavy (non-hydrogen) atoms. The zero-order valence-electron chi connectivity index (χ0n) is 26.3. The van der Waals surface area contributed by atoms with Crippen LogP contribution in [-0.2, 0) is 16.0 Å². The fraction of sp³-hybridized carbons (Fsp3) is 0.706. The number of unbranched alkanes of at least 4 members (excludes halogenated alkanes) is 12. The van der Waals surface area contributed by atoms with Crippen molar-refractivity contribution in [2.75, 3.05) is 6.61 Å². The maximum absolute atomic E-state index is 13.1. The normalized spacial score (nSPS) is 17.8. The zero-order chi connectivity index (χ0) is 30.2. The number of urea groups is 1. The highest BCUT2D eigenvalue weighted by molar-refractivity contribution is 6.04. The molecule has 1 heterocycles. The molecule has 0 saturated carbocycles. The summed E-state index contributed by atoms with van der Waals surface area (Å²) in [7, 11) is 0. The van der Waals surface area contributed by atoms with Gasteiger partial charge in [-0.2, -0.15) is 0 Å². The molecular weight excluding hydrogens is 516 g/mol. The van der Waals surface area contributed by atoms with Gasteiger partial charge in [0.05, 0.1) is 18.6 Å². The van der Waals surface area contributed by atoms with E-state index in [9.17, 15) is 19.5 Å². The van der Waals surface area contributed by atoms with E-state index in [-0.39, 0.29) is 13.0 Å². The number of aliphatic carboxylic acids is 1. The Labute approximate surface area is 248 Å². The number of aryl methyl sites for hydroxylation is 2. The summed E-state index contributed by atoms with van der Waals surface area (Å²) in [6.45, 7) is 9.51. The first-order chi connectivity index (χ1) is 19.7. The highest BCUT2D eigenvalue weighted by Crippen LogP contribution is 2.41. The van der Waals surface area contributed by atoms with Crippen LogP contribution in [0.2, 0.25) is 0 Å². The average Bonchev–Trinajstić information content (AvgIpc) is 2.92. The Balaban J connectivity index is 2.08. The minimum Gasteiger partial charge on any atom is -0.481 e. The van der Waals surface area contributed by atoms with E-state index >= 15 is 0 Å². The quantitative estimate of drug-likeness (QED) is 0.167. The van der Waals surface area contributed by atoms with Gasteiger partial charge in [0.25, 0.3) is 0 Å². The molecule has 0 fully saturated rings. The van der Waals surface area contributed by atoms with E-state index in [1.54, 1.807) is 20.8 Å². The van der Waals surface area contributed by atoms with Gasteiger partial charge in [-0.15, -0.1) is 0 Å². The van der Waals surface area contributed by atoms with E-state index in [1.807, 2.05) is 19.1 Å². The Bertz CT molecular complexity index is 1000. The molecule has 1 N–H and O–H groups in total. The Morgan fingerprint density at radius 2 is 1.49 bits per heavy atom. The van der Waals surface area contributed by atoms with E-state index in [0.717, 1.165) is 40.9 Å². The van der Waals surface area contributed by atoms with E-state index in [4.69, 9.17) is 4.74 Å². The van der Waals surface area contributed by atoms with Crippen LogP contribution in [0.5, 0.6) is 0 Å². The number of hydrogen-bond donors (Lipinski definition) is 1. The summed E-state index contributed by atoms with van der Waals surface area (Å²) in [5.41, 5.74) is 3.56. The van der Waals surface area contributed by atoms with Crippen LogP contribution in [0.3, 0.4) is 0 Å². The van der Waals surface area contributed by atoms with E-state index < -0.39 is 36.0 Å². The van der Waals surface area contributed by atoms with Gasteiger partial charge in [-0.05, 0) is 56.7 Å². The lowest BCUT2D eigenvalue weighted by Crippen LogP contribution is -2.48. The first kappa shape index (κ1) is 34.5. The minimum atomic E-state index is -0.909. The lowest BCUT2D eigenvalue weighted by atomic mass is 9.78. The third-order valence-corrected chi connectivity index (χ3v) is 8.43. The molecule has 0 spiro atoms. The molecule has 7 nitrogen and oxygen atoms in total. The van der Waals surface area contributed by atoms with Crippen molar-refractivity contribution < 1.29 is 24.2 Å². The number of ether oxygens (including phenoxy) is 1. The van der Waals surface area contributed by atoms with Gasteiger partial charge in [0.15, 0.2) is 0 Å². The van der Waals surface area contributed by atoms with Gasteiger partial charge < -0.3 is 9.84 Å². The second-order valence-electron chi connectivity index (χ2n) is 11.8. The molecule has 1 aromatic carbocycles. The van der Waals surface area contributed by atoms with Crippen LogP contribution in [0.15, 0.2) is 23.2 Å². The third kappa shape index (κ3) is 10.9. The SMILES string of the molecule is CCCCCCCCCCCCCCCc1cccc(C)c1C1C(CC(C)C(=O)O)C(C)=NC(=O)N1C(=O)OCC. The minimum absolute atomic E-state index is 0.133. The summed E-state index contributed by atoms with van der Waals surface area (Å²) in [6, 6.07) is 4.79. The first-order valence-electron chi connectivity index (χ1n) is 16.1. The van der Waals surface area contributed by atoms with Crippen molar-refractivity contribution in [2.24, 2.45) is 16.8 Å². The van der Waals surface area contributed by atoms with Crippen LogP contribution in [0, 0.1) is 18.8 Å². The number of hydrogen-bond acceptors (Lipinski definition) is 4. The Kier molecular flexibility index (Phi) is 15.7. The molecule has 3 unspecified atom stereocenters. The molecule has 230 valence electrons. The highest BCUT2D eigenvalue weighted by atomic mass is 16.6. The van der Waals surface area contributed by atoms with Crippen LogP contribution < -0.4 is 0 Å². The fourth-order valence-electron chi connectivity index (χ4n) is 6.03. The number of aliphatic imine (C=N–C) groups is 1. The monoisotopic (exact) mass is 570 g/mol. The fourth-order valence-corrected chi connectivity index (χ4v) is 6.03. The number of carboxylic acids is 1. The van der Waals surface area contributed by atoms with Crippen LogP contribution in [-0.4, -0.2) is 40.4 Å². The zero-order valence-corrected chi connectivity index (χ0v) is 26.3. The number of carbonyl (C=O) groups is 3. The van der Waals surface area contributed by atoms with Crippen molar-refractivity contribution in [2.45, 2.75) is 137 Å². The predicted octanol–water partition coefficient (Wildman–Crippen LogP) is 9.45. The summed E-state index contributed by atoms with van der Waals surface area (Å²) in [4.78, 5) is 43.2. The molecule has 0 aromatic heterocycles. The van der Waals surface area contributed by atoms with Crippen molar-refractivity contribution in [1.82, 2.24) is 4.90 Å². The van der Waals surface area contributed by atoms with Crippen molar-refractivity contribution >= 4 is 23.8 Å². The highest BCUT2D eigenvalue weighted by Gasteiger charge is 2.44. The summed E-state index contributed by atoms with van der Waals surface area (Å²) >= 11 is 0. The van der Waals surface area contributed by atoms with Crippen LogP contribution in [0.25, 0.3) is 0 Å². The molecule has 0 aliphatic carbocycles. The van der Waals surface area contributed by atoms with Gasteiger partial charge in [0, 0.05) is 11.6 Å². The molecule has 0 saturated heterocycles. The van der Waals surface area contributed by atoms with Crippen molar-refractivity contribution in [3.8, 4) is 0 Å². The largest absolute Gasteiger partial charge is 0.481 e. The molecule has 3 atom stereocenters. The van der Waals surface area contributed by atoms with Crippen molar-refractivity contribution in [3.05, 3.63) is 34.9 Å². The van der Waals surface area contributed by atoms with Gasteiger partial charge in [-0.1, -0.05) is 109 Å². The van der Waals surface area contributed by atoms with Crippen LogP contribution in [0.1, 0.15) is 140 Å². The predicted molar refractivity (Wildman–Crippen MR) is 166 cm³/mol. The number of imide groups is 1. The average molecular weight is 571 g/mol. The first-order valence-corrected chi connectivity index (χ1v) is 16.1. The standard InChI is InChI=1S/C34H54N2O5/c1-6-8-9-10-11-12-13-14-15-16-17-18-19-22-28-23-20-21-25(3)30(28)31-29(24-26(4)32(37)38)27(5)35-33(39)36(31)34(40)41-7-2/h20-21,23,26,29,31H,6-19,22,24H2,1-5H3,(H,37,38). The number of rotatable bonds is 19. The second kappa shape index (κ2) is 18.7. The van der Waals surface area contributed by atoms with E-state index in [2.05, 4.69) is 18.0 Å². The number of benzene rings is 1. The number of carbonyl (C=O) groups excluding carboxylic acids is 2. The van der Waals surface area contributed by atoms with Gasteiger partial charge >= 0.3 is 18.1 Å². The van der Waals surface area contributed by atoms with Crippen LogP contribution >= 0.6 is 0 Å². The van der Waals surface area contributed by atoms with Gasteiger partial charge in [-0.25, -0.2) is 19.5 Å². The topological polar surface area (TPSA) is 96.3 Å². The van der Waals surface area contributed by atoms with Crippen molar-refractivity contribution in [1.29, 1.82) is 0 Å². The smallest absolute Gasteiger partial charge is 0.418 e. The Morgan fingerprint density at radius 1 is 0.927 bits per heavy atom. The maximum atomic E-state index is 13.1. The summed E-state index contributed by atoms with van der Waals surface area (Å²) in [5, 5.41) is 9.65. The van der Waals surface area contributed by atoms with Crippen molar-refractivity contribution in [3.63, 3.8) is 0 Å². The molecule has 1 aromatic rings. The molecule has 3 amide bonds. The molecule has 1 aliphatic rings. The Hall–Kier alpha value is -2.70. The molecule has 1 aliphatic heterocycles. The van der Waals surface area contributed by atoms with E-state index in [0.29, 0.717) is 5.71 Å². The summed E-state index contributed by atoms with van der Waals surface area (Å²) < 4.78 is 5.28. The van der Waals surface area contributed by atoms with E-state index in [1.165, 1.54) is 70.6 Å².